The predicted octanol–water partition coefficient (Wildman–Crippen LogP) is 3.14. The van der Waals surface area contributed by atoms with Crippen molar-refractivity contribution in [3.63, 3.8) is 0 Å². The molecule has 0 heterocycles. The molecule has 0 bridgehead atoms. The number of hydrogen-bond donors (Lipinski definition) is 0. The third-order valence-electron chi connectivity index (χ3n) is 0. The van der Waals surface area contributed by atoms with Crippen molar-refractivity contribution >= 4 is 45.5 Å². The van der Waals surface area contributed by atoms with Crippen molar-refractivity contribution in [2.24, 2.45) is 0 Å². The molecule has 1 radical (unpaired) electrons. The SMILES string of the molecule is C[Si](C)(C)[NH-].Cl.Cl.Cl.[Ta]. The Morgan fingerprint density at radius 1 is 0.889 bits per heavy atom. The van der Waals surface area contributed by atoms with E-state index in [0.717, 1.165) is 0 Å². The van der Waals surface area contributed by atoms with E-state index in [1.807, 2.05) is 19.6 Å². The summed E-state index contributed by atoms with van der Waals surface area (Å²) in [6.07, 6.45) is 0. The molecule has 0 unspecified atom stereocenters. The van der Waals surface area contributed by atoms with Gasteiger partial charge in [0.05, 0.1) is 0 Å². The van der Waals surface area contributed by atoms with Crippen LogP contribution < -0.4 is 0 Å². The van der Waals surface area contributed by atoms with Gasteiger partial charge in [0.25, 0.3) is 0 Å². The van der Waals surface area contributed by atoms with Crippen LogP contribution in [0.4, 0.5) is 0 Å². The Balaban J connectivity index is -0.0000000133. The standard InChI is InChI=1S/C3H10NSi.3ClH.Ta/c1-5(2,3)4;;;;/h4H,1-3H3;3*1H;/q-1;;;;. The Labute approximate surface area is 92.4 Å². The maximum Gasteiger partial charge on any atom is 0 e. The van der Waals surface area contributed by atoms with Crippen molar-refractivity contribution in [3.05, 3.63) is 5.40 Å². The summed E-state index contributed by atoms with van der Waals surface area (Å²) in [6.45, 7) is 5.98. The maximum atomic E-state index is 7.08. The first-order valence-corrected chi connectivity index (χ1v) is 5.25. The molecule has 9 heavy (non-hydrogen) atoms. The summed E-state index contributed by atoms with van der Waals surface area (Å²) in [5.74, 6) is 0. The van der Waals surface area contributed by atoms with Gasteiger partial charge in [0.2, 0.25) is 0 Å². The van der Waals surface area contributed by atoms with E-state index < -0.39 is 8.24 Å². The first kappa shape index (κ1) is 30.9. The third-order valence-corrected chi connectivity index (χ3v) is 0. The number of nitrogens with one attached hydrogen (secondary N) is 1. The van der Waals surface area contributed by atoms with Crippen LogP contribution in [-0.4, -0.2) is 8.24 Å². The minimum Gasteiger partial charge on any atom is -0.680 e. The fraction of sp³-hybridized carbons (Fsp3) is 1.00. The molecule has 0 aliphatic rings. The predicted molar refractivity (Wildman–Crippen MR) is 49.4 cm³/mol. The van der Waals surface area contributed by atoms with Gasteiger partial charge in [-0.25, -0.2) is 0 Å². The molecule has 0 aliphatic carbocycles. The average molecular weight is 379 g/mol. The first-order valence-electron chi connectivity index (χ1n) is 1.75. The average Bonchev–Trinajstić information content (AvgIpc) is 0.722. The zero-order valence-electron chi connectivity index (χ0n) is 5.67. The summed E-state index contributed by atoms with van der Waals surface area (Å²) in [4.78, 5) is 0. The summed E-state index contributed by atoms with van der Waals surface area (Å²) in [7, 11) is -1.36. The van der Waals surface area contributed by atoms with Crippen molar-refractivity contribution in [2.45, 2.75) is 19.6 Å². The molecule has 61 valence electrons. The van der Waals surface area contributed by atoms with Gasteiger partial charge in [-0.2, -0.15) is 0 Å². The monoisotopic (exact) mass is 377 g/mol. The molecule has 1 nitrogen and oxygen atoms in total. The van der Waals surface area contributed by atoms with E-state index in [4.69, 9.17) is 5.40 Å². The molecule has 0 saturated carbocycles. The van der Waals surface area contributed by atoms with Crippen molar-refractivity contribution in [1.82, 2.24) is 0 Å². The van der Waals surface area contributed by atoms with Gasteiger partial charge in [-0.3, -0.25) is 0 Å². The van der Waals surface area contributed by atoms with E-state index in [1.54, 1.807) is 0 Å². The fourth-order valence-electron chi connectivity index (χ4n) is 0. The van der Waals surface area contributed by atoms with Gasteiger partial charge in [0, 0.05) is 22.4 Å². The van der Waals surface area contributed by atoms with Gasteiger partial charge in [0.1, 0.15) is 0 Å². The van der Waals surface area contributed by atoms with Crippen LogP contribution in [0.5, 0.6) is 0 Å². The molecule has 0 aromatic heterocycles. The van der Waals surface area contributed by atoms with Gasteiger partial charge in [-0.1, -0.05) is 27.9 Å². The van der Waals surface area contributed by atoms with Crippen LogP contribution in [-0.2, 0) is 22.4 Å². The molecule has 0 rings (SSSR count). The van der Waals surface area contributed by atoms with Gasteiger partial charge >= 0.3 is 0 Å². The molecule has 0 amide bonds. The van der Waals surface area contributed by atoms with E-state index in [1.165, 1.54) is 0 Å². The number of halogens is 3. The van der Waals surface area contributed by atoms with Crippen molar-refractivity contribution < 1.29 is 22.4 Å². The Morgan fingerprint density at radius 3 is 0.889 bits per heavy atom. The summed E-state index contributed by atoms with van der Waals surface area (Å²) in [5, 5.41) is 7.08. The van der Waals surface area contributed by atoms with Gasteiger partial charge in [-0.15, -0.1) is 37.2 Å². The molecule has 6 heteroatoms. The molecule has 0 saturated heterocycles. The molecule has 0 atom stereocenters. The molecule has 1 N–H and O–H groups in total. The van der Waals surface area contributed by atoms with E-state index >= 15 is 0 Å². The molecular weight excluding hydrogens is 365 g/mol. The molecule has 0 spiro atoms. The van der Waals surface area contributed by atoms with Crippen molar-refractivity contribution in [1.29, 1.82) is 0 Å². The topological polar surface area (TPSA) is 23.8 Å². The van der Waals surface area contributed by atoms with Crippen molar-refractivity contribution in [2.75, 3.05) is 0 Å². The Hall–Kier alpha value is 1.79. The summed E-state index contributed by atoms with van der Waals surface area (Å²) in [6, 6.07) is 0. The van der Waals surface area contributed by atoms with Crippen LogP contribution in [0.2, 0.25) is 19.6 Å². The van der Waals surface area contributed by atoms with E-state index in [-0.39, 0.29) is 59.6 Å². The second-order valence-corrected chi connectivity index (χ2v) is 6.75. The van der Waals surface area contributed by atoms with E-state index in [2.05, 4.69) is 0 Å². The second kappa shape index (κ2) is 12.5. The Morgan fingerprint density at radius 2 is 0.889 bits per heavy atom. The second-order valence-electron chi connectivity index (χ2n) is 2.25. The van der Waals surface area contributed by atoms with Gasteiger partial charge in [-0.05, 0) is 0 Å². The minimum absolute atomic E-state index is 0. The van der Waals surface area contributed by atoms with Crippen LogP contribution in [0.3, 0.4) is 0 Å². The zero-order valence-corrected chi connectivity index (χ0v) is 12.3. The largest absolute Gasteiger partial charge is 0.680 e. The minimum atomic E-state index is -1.36. The third kappa shape index (κ3) is 186. The Bertz CT molecular complexity index is 34.5. The molecule has 0 fully saturated rings. The molecular formula is C3H13Cl3NSiTa-. The molecule has 0 aromatic rings. The Kier molecular flexibility index (Phi) is 42.7. The van der Waals surface area contributed by atoms with Crippen LogP contribution >= 0.6 is 37.2 Å². The maximum absolute atomic E-state index is 7.08. The molecule has 0 aromatic carbocycles. The van der Waals surface area contributed by atoms with Crippen molar-refractivity contribution in [3.8, 4) is 0 Å². The van der Waals surface area contributed by atoms with Crippen LogP contribution in [0.1, 0.15) is 0 Å². The summed E-state index contributed by atoms with van der Waals surface area (Å²) < 4.78 is 0. The smallest absolute Gasteiger partial charge is 0 e. The zero-order chi connectivity index (χ0) is 4.50. The van der Waals surface area contributed by atoms with Crippen LogP contribution in [0.15, 0.2) is 0 Å². The van der Waals surface area contributed by atoms with E-state index in [0.29, 0.717) is 0 Å². The molecule has 0 aliphatic heterocycles. The summed E-state index contributed by atoms with van der Waals surface area (Å²) >= 11 is 0. The number of rotatable bonds is 0. The van der Waals surface area contributed by atoms with Gasteiger partial charge in [0.15, 0.2) is 0 Å². The number of hydrogen-bond acceptors (Lipinski definition) is 0. The summed E-state index contributed by atoms with van der Waals surface area (Å²) in [5.41, 5.74) is 0. The van der Waals surface area contributed by atoms with E-state index in [9.17, 15) is 0 Å². The normalized spacial score (nSPS) is 6.67. The first-order chi connectivity index (χ1) is 2.00. The quantitative estimate of drug-likeness (QED) is 0.579. The fourth-order valence-corrected chi connectivity index (χ4v) is 0. The van der Waals surface area contributed by atoms with Crippen LogP contribution in [0.25, 0.3) is 5.40 Å². The van der Waals surface area contributed by atoms with Gasteiger partial charge < -0.3 is 5.40 Å². The van der Waals surface area contributed by atoms with Crippen LogP contribution in [0, 0.1) is 0 Å².